The van der Waals surface area contributed by atoms with Gasteiger partial charge in [0.15, 0.2) is 0 Å². The highest BCUT2D eigenvalue weighted by molar-refractivity contribution is 5.86. The third-order valence-electron chi connectivity index (χ3n) is 3.51. The molecular weight excluding hydrogens is 220 g/mol. The van der Waals surface area contributed by atoms with E-state index in [0.717, 1.165) is 19.3 Å². The molecule has 0 saturated heterocycles. The van der Waals surface area contributed by atoms with Gasteiger partial charge >= 0.3 is 5.97 Å². The molecule has 0 aliphatic heterocycles. The van der Waals surface area contributed by atoms with Crippen LogP contribution in [0, 0.1) is 11.8 Å². The van der Waals surface area contributed by atoms with Gasteiger partial charge in [0.1, 0.15) is 6.04 Å². The van der Waals surface area contributed by atoms with E-state index in [2.05, 4.69) is 10.1 Å². The van der Waals surface area contributed by atoms with Gasteiger partial charge in [-0.25, -0.2) is 4.79 Å². The third-order valence-corrected chi connectivity index (χ3v) is 3.51. The van der Waals surface area contributed by atoms with Crippen LogP contribution in [-0.4, -0.2) is 31.6 Å². The zero-order valence-electron chi connectivity index (χ0n) is 10.6. The lowest BCUT2D eigenvalue weighted by atomic mass is 9.95. The Morgan fingerprint density at radius 1 is 1.47 bits per heavy atom. The fraction of sp³-hybridized carbons (Fsp3) is 0.833. The summed E-state index contributed by atoms with van der Waals surface area (Å²) in [5, 5.41) is 2.75. The Morgan fingerprint density at radius 3 is 2.71 bits per heavy atom. The smallest absolute Gasteiger partial charge is 0.328 e. The predicted octanol–water partition coefficient (Wildman–Crippen LogP) is 0.429. The van der Waals surface area contributed by atoms with Gasteiger partial charge in [-0.15, -0.1) is 0 Å². The molecule has 1 rings (SSSR count). The number of ether oxygens (including phenoxy) is 1. The van der Waals surface area contributed by atoms with E-state index in [9.17, 15) is 9.59 Å². The molecule has 5 heteroatoms. The third kappa shape index (κ3) is 3.43. The van der Waals surface area contributed by atoms with Crippen LogP contribution in [0.3, 0.4) is 0 Å². The Kier molecular flexibility index (Phi) is 5.41. The fourth-order valence-corrected chi connectivity index (χ4v) is 2.41. The van der Waals surface area contributed by atoms with Crippen LogP contribution >= 0.6 is 0 Å². The minimum atomic E-state index is -0.536. The van der Waals surface area contributed by atoms with Crippen LogP contribution in [0.4, 0.5) is 0 Å². The molecule has 1 aliphatic carbocycles. The summed E-state index contributed by atoms with van der Waals surface area (Å²) < 4.78 is 4.64. The largest absolute Gasteiger partial charge is 0.467 e. The van der Waals surface area contributed by atoms with Gasteiger partial charge < -0.3 is 15.8 Å². The van der Waals surface area contributed by atoms with Crippen molar-refractivity contribution in [2.45, 2.75) is 38.6 Å². The number of carbonyl (C=O) groups excluding carboxylic acids is 2. The molecule has 5 nitrogen and oxygen atoms in total. The maximum absolute atomic E-state index is 12.0. The average Bonchev–Trinajstić information content (AvgIpc) is 2.82. The average molecular weight is 242 g/mol. The van der Waals surface area contributed by atoms with Crippen molar-refractivity contribution in [2.75, 3.05) is 13.7 Å². The maximum Gasteiger partial charge on any atom is 0.328 e. The standard InChI is InChI=1S/C12H22N2O3/c1-3-10(12(16)17-2)14-11(15)9-6-4-5-8(9)7-13/h8-10H,3-7,13H2,1-2H3,(H,14,15). The van der Waals surface area contributed by atoms with E-state index in [0.29, 0.717) is 13.0 Å². The summed E-state index contributed by atoms with van der Waals surface area (Å²) in [7, 11) is 1.33. The van der Waals surface area contributed by atoms with Gasteiger partial charge in [0.2, 0.25) is 5.91 Å². The lowest BCUT2D eigenvalue weighted by molar-refractivity contribution is -0.145. The fourth-order valence-electron chi connectivity index (χ4n) is 2.41. The first-order chi connectivity index (χ1) is 8.13. The zero-order valence-corrected chi connectivity index (χ0v) is 10.6. The maximum atomic E-state index is 12.0. The van der Waals surface area contributed by atoms with Crippen LogP contribution in [0.2, 0.25) is 0 Å². The number of nitrogens with one attached hydrogen (secondary N) is 1. The van der Waals surface area contributed by atoms with Crippen molar-refractivity contribution in [3.63, 3.8) is 0 Å². The number of rotatable bonds is 5. The van der Waals surface area contributed by atoms with E-state index < -0.39 is 6.04 Å². The van der Waals surface area contributed by atoms with E-state index in [1.165, 1.54) is 7.11 Å². The van der Waals surface area contributed by atoms with E-state index >= 15 is 0 Å². The van der Waals surface area contributed by atoms with Gasteiger partial charge in [-0.3, -0.25) is 4.79 Å². The quantitative estimate of drug-likeness (QED) is 0.685. The van der Waals surface area contributed by atoms with Gasteiger partial charge in [0, 0.05) is 5.92 Å². The summed E-state index contributed by atoms with van der Waals surface area (Å²) in [5.41, 5.74) is 5.64. The van der Waals surface area contributed by atoms with Gasteiger partial charge in [-0.05, 0) is 31.7 Å². The highest BCUT2D eigenvalue weighted by atomic mass is 16.5. The van der Waals surface area contributed by atoms with Crippen molar-refractivity contribution in [2.24, 2.45) is 17.6 Å². The molecule has 17 heavy (non-hydrogen) atoms. The summed E-state index contributed by atoms with van der Waals surface area (Å²) in [6.07, 6.45) is 3.45. The van der Waals surface area contributed by atoms with E-state index in [1.54, 1.807) is 0 Å². The van der Waals surface area contributed by atoms with Crippen molar-refractivity contribution >= 4 is 11.9 Å². The molecule has 0 radical (unpaired) electrons. The SMILES string of the molecule is CCC(NC(=O)C1CCCC1CN)C(=O)OC. The number of carbonyl (C=O) groups is 2. The van der Waals surface area contributed by atoms with Crippen molar-refractivity contribution in [1.82, 2.24) is 5.32 Å². The van der Waals surface area contributed by atoms with Crippen LogP contribution in [0.25, 0.3) is 0 Å². The second-order valence-corrected chi connectivity index (χ2v) is 4.53. The number of hydrogen-bond donors (Lipinski definition) is 2. The van der Waals surface area contributed by atoms with Gasteiger partial charge in [-0.1, -0.05) is 13.3 Å². The van der Waals surface area contributed by atoms with Crippen LogP contribution in [-0.2, 0) is 14.3 Å². The lowest BCUT2D eigenvalue weighted by Crippen LogP contribution is -2.45. The first-order valence-electron chi connectivity index (χ1n) is 6.22. The molecule has 0 spiro atoms. The molecular formula is C12H22N2O3. The van der Waals surface area contributed by atoms with Crippen molar-refractivity contribution in [3.05, 3.63) is 0 Å². The molecule has 0 aromatic carbocycles. The number of esters is 1. The topological polar surface area (TPSA) is 81.4 Å². The van der Waals surface area contributed by atoms with Crippen LogP contribution < -0.4 is 11.1 Å². The molecule has 0 aromatic rings. The Bertz CT molecular complexity index is 281. The monoisotopic (exact) mass is 242 g/mol. The van der Waals surface area contributed by atoms with Gasteiger partial charge in [0.25, 0.3) is 0 Å². The molecule has 1 amide bonds. The second-order valence-electron chi connectivity index (χ2n) is 4.53. The first kappa shape index (κ1) is 14.0. The van der Waals surface area contributed by atoms with Gasteiger partial charge in [-0.2, -0.15) is 0 Å². The van der Waals surface area contributed by atoms with E-state index in [-0.39, 0.29) is 23.7 Å². The molecule has 3 unspecified atom stereocenters. The highest BCUT2D eigenvalue weighted by Gasteiger charge is 2.33. The second kappa shape index (κ2) is 6.59. The van der Waals surface area contributed by atoms with E-state index in [1.807, 2.05) is 6.92 Å². The van der Waals surface area contributed by atoms with Crippen molar-refractivity contribution in [1.29, 1.82) is 0 Å². The molecule has 3 N–H and O–H groups in total. The molecule has 0 aromatic heterocycles. The molecule has 98 valence electrons. The molecule has 1 fully saturated rings. The van der Waals surface area contributed by atoms with Crippen LogP contribution in [0.15, 0.2) is 0 Å². The van der Waals surface area contributed by atoms with Crippen LogP contribution in [0.1, 0.15) is 32.6 Å². The van der Waals surface area contributed by atoms with Crippen molar-refractivity contribution < 1.29 is 14.3 Å². The summed E-state index contributed by atoms with van der Waals surface area (Å²) in [6, 6.07) is -0.536. The summed E-state index contributed by atoms with van der Waals surface area (Å²) >= 11 is 0. The van der Waals surface area contributed by atoms with E-state index in [4.69, 9.17) is 5.73 Å². The molecule has 1 aliphatic rings. The Labute approximate surface area is 102 Å². The summed E-state index contributed by atoms with van der Waals surface area (Å²) in [5.74, 6) is -0.234. The number of nitrogens with two attached hydrogens (primary N) is 1. The molecule has 0 bridgehead atoms. The summed E-state index contributed by atoms with van der Waals surface area (Å²) in [4.78, 5) is 23.4. The van der Waals surface area contributed by atoms with Crippen molar-refractivity contribution in [3.8, 4) is 0 Å². The molecule has 3 atom stereocenters. The minimum absolute atomic E-state index is 0.0429. The van der Waals surface area contributed by atoms with Crippen LogP contribution in [0.5, 0.6) is 0 Å². The number of methoxy groups -OCH3 is 1. The minimum Gasteiger partial charge on any atom is -0.467 e. The Hall–Kier alpha value is -1.10. The lowest BCUT2D eigenvalue weighted by Gasteiger charge is -2.21. The van der Waals surface area contributed by atoms with Gasteiger partial charge in [0.05, 0.1) is 7.11 Å². The summed E-state index contributed by atoms with van der Waals surface area (Å²) in [6.45, 7) is 2.38. The first-order valence-corrected chi connectivity index (χ1v) is 6.22. The highest BCUT2D eigenvalue weighted by Crippen LogP contribution is 2.31. The normalized spacial score (nSPS) is 25.4. The number of hydrogen-bond acceptors (Lipinski definition) is 4. The Balaban J connectivity index is 2.55. The molecule has 1 saturated carbocycles. The number of amides is 1. The molecule has 0 heterocycles. The predicted molar refractivity (Wildman–Crippen MR) is 64.1 cm³/mol. The Morgan fingerprint density at radius 2 is 2.18 bits per heavy atom. The zero-order chi connectivity index (χ0) is 12.8.